The summed E-state index contributed by atoms with van der Waals surface area (Å²) < 4.78 is 0. The second kappa shape index (κ2) is 5.80. The Morgan fingerprint density at radius 1 is 1.47 bits per heavy atom. The van der Waals surface area contributed by atoms with Crippen molar-refractivity contribution < 1.29 is 4.79 Å². The van der Waals surface area contributed by atoms with Crippen molar-refractivity contribution in [3.63, 3.8) is 0 Å². The Morgan fingerprint density at radius 2 is 2.16 bits per heavy atom. The maximum absolute atomic E-state index is 12.4. The number of piperidine rings is 1. The van der Waals surface area contributed by atoms with Crippen molar-refractivity contribution in [2.45, 2.75) is 57.5 Å². The van der Waals surface area contributed by atoms with Crippen LogP contribution in [0, 0.1) is 5.92 Å². The topological polar surface area (TPSA) is 49.6 Å². The van der Waals surface area contributed by atoms with Gasteiger partial charge in [-0.25, -0.2) is 0 Å². The lowest BCUT2D eigenvalue weighted by Gasteiger charge is -2.43. The highest BCUT2D eigenvalue weighted by Gasteiger charge is 2.38. The predicted octanol–water partition coefficient (Wildman–Crippen LogP) is 1.45. The van der Waals surface area contributed by atoms with Gasteiger partial charge in [-0.3, -0.25) is 4.79 Å². The summed E-state index contributed by atoms with van der Waals surface area (Å²) >= 11 is 0. The maximum Gasteiger partial charge on any atom is 0.224 e. The van der Waals surface area contributed by atoms with Gasteiger partial charge in [-0.15, -0.1) is 0 Å². The Labute approximate surface area is 117 Å². The van der Waals surface area contributed by atoms with Crippen molar-refractivity contribution in [2.24, 2.45) is 11.7 Å². The highest BCUT2D eigenvalue weighted by Crippen LogP contribution is 2.33. The molecule has 0 spiro atoms. The molecule has 2 N–H and O–H groups in total. The first-order valence-corrected chi connectivity index (χ1v) is 7.72. The van der Waals surface area contributed by atoms with Crippen LogP contribution in [0.4, 0.5) is 0 Å². The fourth-order valence-corrected chi connectivity index (χ4v) is 3.50. The van der Waals surface area contributed by atoms with Crippen LogP contribution in [0.2, 0.25) is 0 Å². The molecule has 2 fully saturated rings. The molecule has 1 amide bonds. The third kappa shape index (κ3) is 3.29. The zero-order valence-electron chi connectivity index (χ0n) is 12.7. The second-order valence-electron chi connectivity index (χ2n) is 6.62. The summed E-state index contributed by atoms with van der Waals surface area (Å²) in [5.41, 5.74) is 6.00. The van der Waals surface area contributed by atoms with Gasteiger partial charge < -0.3 is 15.5 Å². The summed E-state index contributed by atoms with van der Waals surface area (Å²) in [7, 11) is 1.97. The third-order valence-electron chi connectivity index (χ3n) is 5.13. The minimum Gasteiger partial charge on any atom is -0.342 e. The van der Waals surface area contributed by atoms with E-state index in [9.17, 15) is 4.79 Å². The van der Waals surface area contributed by atoms with E-state index in [0.29, 0.717) is 18.4 Å². The number of carbonyl (C=O) groups is 1. The molecule has 19 heavy (non-hydrogen) atoms. The van der Waals surface area contributed by atoms with Crippen molar-refractivity contribution >= 4 is 5.91 Å². The number of carbonyl (C=O) groups excluding carboxylic acids is 1. The highest BCUT2D eigenvalue weighted by molar-refractivity contribution is 5.77. The molecule has 0 bridgehead atoms. The first-order valence-electron chi connectivity index (χ1n) is 7.72. The molecule has 110 valence electrons. The van der Waals surface area contributed by atoms with Gasteiger partial charge in [0, 0.05) is 38.1 Å². The molecule has 2 aliphatic rings. The Balaban J connectivity index is 1.88. The molecule has 2 rings (SSSR count). The molecule has 0 aromatic rings. The van der Waals surface area contributed by atoms with Crippen molar-refractivity contribution in [3.8, 4) is 0 Å². The van der Waals surface area contributed by atoms with Gasteiger partial charge in [0.2, 0.25) is 5.91 Å². The first-order chi connectivity index (χ1) is 8.95. The van der Waals surface area contributed by atoms with Crippen LogP contribution in [-0.2, 0) is 4.79 Å². The zero-order chi connectivity index (χ0) is 14.0. The van der Waals surface area contributed by atoms with Crippen molar-refractivity contribution in [1.82, 2.24) is 9.80 Å². The second-order valence-corrected chi connectivity index (χ2v) is 6.62. The number of rotatable bonds is 4. The predicted molar refractivity (Wildman–Crippen MR) is 77.8 cm³/mol. The normalized spacial score (nSPS) is 30.7. The van der Waals surface area contributed by atoms with Gasteiger partial charge in [0.1, 0.15) is 0 Å². The van der Waals surface area contributed by atoms with Gasteiger partial charge in [-0.2, -0.15) is 0 Å². The average Bonchev–Trinajstić information content (AvgIpc) is 2.35. The monoisotopic (exact) mass is 267 g/mol. The molecule has 1 saturated heterocycles. The Kier molecular flexibility index (Phi) is 4.51. The molecule has 1 heterocycles. The lowest BCUT2D eigenvalue weighted by molar-refractivity contribution is -0.136. The molecule has 0 unspecified atom stereocenters. The number of hydrogen-bond acceptors (Lipinski definition) is 3. The summed E-state index contributed by atoms with van der Waals surface area (Å²) in [4.78, 5) is 16.8. The van der Waals surface area contributed by atoms with Crippen LogP contribution in [0.25, 0.3) is 0 Å². The van der Waals surface area contributed by atoms with E-state index >= 15 is 0 Å². The molecule has 4 nitrogen and oxygen atoms in total. The molecule has 4 heteroatoms. The largest absolute Gasteiger partial charge is 0.342 e. The van der Waals surface area contributed by atoms with Gasteiger partial charge in [0.05, 0.1) is 0 Å². The van der Waals surface area contributed by atoms with Crippen molar-refractivity contribution in [3.05, 3.63) is 0 Å². The quantitative estimate of drug-likeness (QED) is 0.838. The van der Waals surface area contributed by atoms with Crippen LogP contribution in [0.15, 0.2) is 0 Å². The number of nitrogens with two attached hydrogens (primary N) is 1. The molecular formula is C15H29N3O. The average molecular weight is 267 g/mol. The lowest BCUT2D eigenvalue weighted by Crippen LogP contribution is -2.54. The Hall–Kier alpha value is -0.610. The van der Waals surface area contributed by atoms with Crippen LogP contribution in [-0.4, -0.2) is 54.0 Å². The van der Waals surface area contributed by atoms with Crippen molar-refractivity contribution in [1.29, 1.82) is 0 Å². The van der Waals surface area contributed by atoms with E-state index in [1.54, 1.807) is 0 Å². The molecule has 0 radical (unpaired) electrons. The maximum atomic E-state index is 12.4. The summed E-state index contributed by atoms with van der Waals surface area (Å²) in [6.45, 7) is 7.79. The van der Waals surface area contributed by atoms with Crippen LogP contribution < -0.4 is 5.73 Å². The fraction of sp³-hybridized carbons (Fsp3) is 0.933. The van der Waals surface area contributed by atoms with Gasteiger partial charge in [-0.1, -0.05) is 13.8 Å². The van der Waals surface area contributed by atoms with E-state index in [-0.39, 0.29) is 11.4 Å². The summed E-state index contributed by atoms with van der Waals surface area (Å²) in [6, 6.07) is 0.388. The van der Waals surface area contributed by atoms with Gasteiger partial charge in [0.15, 0.2) is 0 Å². The molecule has 2 atom stereocenters. The zero-order valence-corrected chi connectivity index (χ0v) is 12.7. The summed E-state index contributed by atoms with van der Waals surface area (Å²) in [6.07, 6.45) is 4.82. The molecular weight excluding hydrogens is 238 g/mol. The minimum absolute atomic E-state index is 0.196. The first kappa shape index (κ1) is 14.8. The van der Waals surface area contributed by atoms with Crippen LogP contribution in [0.1, 0.15) is 46.0 Å². The summed E-state index contributed by atoms with van der Waals surface area (Å²) in [5.74, 6) is 0.793. The van der Waals surface area contributed by atoms with Gasteiger partial charge in [-0.05, 0) is 38.1 Å². The summed E-state index contributed by atoms with van der Waals surface area (Å²) in [5, 5.41) is 0. The number of likely N-dealkylation sites (tertiary alicyclic amines) is 1. The molecule has 0 aromatic heterocycles. The highest BCUT2D eigenvalue weighted by atomic mass is 16.2. The number of amides is 1. The van der Waals surface area contributed by atoms with Crippen molar-refractivity contribution in [2.75, 3.05) is 26.7 Å². The van der Waals surface area contributed by atoms with E-state index in [1.165, 1.54) is 6.42 Å². The van der Waals surface area contributed by atoms with Gasteiger partial charge in [0.25, 0.3) is 0 Å². The molecule has 1 aliphatic heterocycles. The smallest absolute Gasteiger partial charge is 0.224 e. The molecule has 1 saturated carbocycles. The Bertz CT molecular complexity index is 327. The lowest BCUT2D eigenvalue weighted by atomic mass is 9.75. The number of hydrogen-bond donors (Lipinski definition) is 1. The van der Waals surface area contributed by atoms with Crippen LogP contribution in [0.3, 0.4) is 0 Å². The molecule has 1 aliphatic carbocycles. The fourth-order valence-electron chi connectivity index (χ4n) is 3.50. The van der Waals surface area contributed by atoms with E-state index < -0.39 is 0 Å². The minimum atomic E-state index is -0.196. The number of nitrogens with zero attached hydrogens (tertiary/aromatic N) is 2. The molecule has 0 aromatic carbocycles. The standard InChI is InChI=1S/C15H29N3O/c1-4-18-9-6-13(12(2)11-18)17(3)14(19)10-15(16)7-5-8-15/h12-13H,4-11,16H2,1-3H3/t12-,13-/m0/s1. The van der Waals surface area contributed by atoms with E-state index in [1.807, 2.05) is 11.9 Å². The van der Waals surface area contributed by atoms with E-state index in [0.717, 1.165) is 38.9 Å². The van der Waals surface area contributed by atoms with Crippen LogP contribution in [0.5, 0.6) is 0 Å². The third-order valence-corrected chi connectivity index (χ3v) is 5.13. The van der Waals surface area contributed by atoms with E-state index in [2.05, 4.69) is 18.7 Å². The van der Waals surface area contributed by atoms with Crippen LogP contribution >= 0.6 is 0 Å². The SMILES string of the molecule is CCN1CC[C@H](N(C)C(=O)CC2(N)CCC2)[C@@H](C)C1. The van der Waals surface area contributed by atoms with E-state index in [4.69, 9.17) is 5.73 Å². The van der Waals surface area contributed by atoms with Gasteiger partial charge >= 0.3 is 0 Å². The Morgan fingerprint density at radius 3 is 2.63 bits per heavy atom.